The Bertz CT molecular complexity index is 1750. The number of benzene rings is 3. The average molecular weight is 688 g/mol. The summed E-state index contributed by atoms with van der Waals surface area (Å²) in [6, 6.07) is 25.7. The molecule has 3 atom stereocenters. The van der Waals surface area contributed by atoms with Crippen LogP contribution in [0.25, 0.3) is 11.2 Å². The van der Waals surface area contributed by atoms with Crippen LogP contribution in [0.4, 0.5) is 5.82 Å². The lowest BCUT2D eigenvalue weighted by molar-refractivity contribution is -0.0931. The highest BCUT2D eigenvalue weighted by Crippen LogP contribution is 2.43. The average Bonchev–Trinajstić information content (AvgIpc) is 3.67. The maximum Gasteiger partial charge on any atom is 0.200 e. The summed E-state index contributed by atoms with van der Waals surface area (Å²) < 4.78 is 26.5. The van der Waals surface area contributed by atoms with Crippen molar-refractivity contribution in [2.45, 2.75) is 30.5 Å². The Morgan fingerprint density at radius 3 is 2.15 bits per heavy atom. The van der Waals surface area contributed by atoms with Crippen molar-refractivity contribution < 1.29 is 24.1 Å². The largest absolute Gasteiger partial charge is 0.497 e. The first-order valence-corrected chi connectivity index (χ1v) is 15.5. The minimum atomic E-state index is -1.04. The van der Waals surface area contributed by atoms with Crippen molar-refractivity contribution in [2.75, 3.05) is 34.9 Å². The van der Waals surface area contributed by atoms with Crippen molar-refractivity contribution in [1.29, 1.82) is 0 Å². The van der Waals surface area contributed by atoms with Crippen molar-refractivity contribution >= 4 is 39.3 Å². The van der Waals surface area contributed by atoms with Crippen LogP contribution in [0, 0.1) is 0 Å². The van der Waals surface area contributed by atoms with E-state index in [1.165, 1.54) is 0 Å². The van der Waals surface area contributed by atoms with E-state index in [-0.39, 0.29) is 6.61 Å². The highest BCUT2D eigenvalue weighted by Gasteiger charge is 2.42. The molecule has 2 aromatic heterocycles. The summed E-state index contributed by atoms with van der Waals surface area (Å²) in [5.74, 6) is 1.89. The SMILES string of the molecule is COc1ccc(C(OC[C@H]2O[C@H](n3cnc4c(N=CN(C)C)nc(Br)nc43)C[C@@H]2O)(c2ccccc2)c2ccc(OC)cc2)cc1. The summed E-state index contributed by atoms with van der Waals surface area (Å²) in [7, 11) is 7.03. The summed E-state index contributed by atoms with van der Waals surface area (Å²) in [6.07, 6.45) is 1.64. The number of aliphatic hydroxyl groups is 1. The second kappa shape index (κ2) is 13.6. The lowest BCUT2D eigenvalue weighted by Gasteiger charge is -2.37. The molecule has 0 bridgehead atoms. The number of aliphatic imine (C=N–C) groups is 1. The monoisotopic (exact) mass is 686 g/mol. The molecular weight excluding hydrogens is 652 g/mol. The van der Waals surface area contributed by atoms with Gasteiger partial charge in [0.2, 0.25) is 4.73 Å². The minimum Gasteiger partial charge on any atom is -0.497 e. The molecule has 1 aliphatic heterocycles. The standard InChI is InChI=1S/C34H35BrN6O5/c1-40(2)20-37-31-30-32(39-33(35)38-31)41(21-36-30)29-18-27(42)28(46-29)19-45-34(22-8-6-5-7-9-22,23-10-14-25(43-3)15-11-23)24-12-16-26(44-4)17-13-24/h5-17,20-21,27-29,42H,18-19H2,1-4H3/t27-,28+,29-/m0/s1. The number of aliphatic hydroxyl groups excluding tert-OH is 1. The highest BCUT2D eigenvalue weighted by molar-refractivity contribution is 9.10. The number of fused-ring (bicyclic) bond motifs is 1. The smallest absolute Gasteiger partial charge is 0.200 e. The molecule has 3 heterocycles. The number of rotatable bonds is 11. The Hall–Kier alpha value is -4.36. The molecule has 1 aliphatic rings. The molecule has 0 spiro atoms. The molecule has 0 saturated carbocycles. The number of nitrogens with zero attached hydrogens (tertiary/aromatic N) is 6. The third-order valence-corrected chi connectivity index (χ3v) is 8.29. The zero-order valence-corrected chi connectivity index (χ0v) is 27.5. The fourth-order valence-electron chi connectivity index (χ4n) is 5.66. The third kappa shape index (κ3) is 6.21. The molecular formula is C34H35BrN6O5. The molecule has 0 aliphatic carbocycles. The molecule has 238 valence electrons. The van der Waals surface area contributed by atoms with E-state index < -0.39 is 24.0 Å². The molecule has 0 unspecified atom stereocenters. The van der Waals surface area contributed by atoms with E-state index in [0.717, 1.165) is 28.2 Å². The van der Waals surface area contributed by atoms with E-state index >= 15 is 0 Å². The van der Waals surface area contributed by atoms with Gasteiger partial charge in [-0.2, -0.15) is 0 Å². The van der Waals surface area contributed by atoms with Gasteiger partial charge in [0.1, 0.15) is 29.4 Å². The Morgan fingerprint density at radius 2 is 1.57 bits per heavy atom. The zero-order chi connectivity index (χ0) is 32.3. The van der Waals surface area contributed by atoms with Crippen molar-refractivity contribution in [3.8, 4) is 11.5 Å². The number of methoxy groups -OCH3 is 2. The first kappa shape index (κ1) is 31.6. The lowest BCUT2D eigenvalue weighted by atomic mass is 9.80. The molecule has 11 nitrogen and oxygen atoms in total. The number of hydrogen-bond donors (Lipinski definition) is 1. The summed E-state index contributed by atoms with van der Waals surface area (Å²) >= 11 is 3.40. The van der Waals surface area contributed by atoms with Gasteiger partial charge in [-0.3, -0.25) is 4.57 Å². The Balaban J connectivity index is 1.34. The highest BCUT2D eigenvalue weighted by atomic mass is 79.9. The topological polar surface area (TPSA) is 116 Å². The van der Waals surface area contributed by atoms with Gasteiger partial charge in [-0.25, -0.2) is 19.9 Å². The van der Waals surface area contributed by atoms with Gasteiger partial charge in [0.05, 0.1) is 39.6 Å². The Kier molecular flexibility index (Phi) is 9.32. The van der Waals surface area contributed by atoms with Gasteiger partial charge < -0.3 is 29.0 Å². The first-order chi connectivity index (χ1) is 22.3. The van der Waals surface area contributed by atoms with Crippen LogP contribution in [-0.2, 0) is 15.1 Å². The Morgan fingerprint density at radius 1 is 0.957 bits per heavy atom. The van der Waals surface area contributed by atoms with E-state index in [0.29, 0.717) is 28.1 Å². The Labute approximate surface area is 275 Å². The predicted octanol–water partition coefficient (Wildman–Crippen LogP) is 5.48. The zero-order valence-electron chi connectivity index (χ0n) is 25.9. The number of ether oxygens (including phenoxy) is 4. The maximum absolute atomic E-state index is 11.3. The number of imidazole rings is 1. The number of hydrogen-bond acceptors (Lipinski definition) is 9. The van der Waals surface area contributed by atoms with E-state index in [1.54, 1.807) is 31.5 Å². The van der Waals surface area contributed by atoms with Crippen LogP contribution in [-0.4, -0.2) is 83.0 Å². The van der Waals surface area contributed by atoms with Crippen LogP contribution in [0.3, 0.4) is 0 Å². The summed E-state index contributed by atoms with van der Waals surface area (Å²) in [5.41, 5.74) is 2.73. The molecule has 0 radical (unpaired) electrons. The van der Waals surface area contributed by atoms with Crippen LogP contribution in [0.1, 0.15) is 29.3 Å². The summed E-state index contributed by atoms with van der Waals surface area (Å²) in [4.78, 5) is 19.7. The van der Waals surface area contributed by atoms with Crippen LogP contribution < -0.4 is 9.47 Å². The molecule has 12 heteroatoms. The normalized spacial score (nSPS) is 18.3. The van der Waals surface area contributed by atoms with Crippen LogP contribution in [0.5, 0.6) is 11.5 Å². The van der Waals surface area contributed by atoms with E-state index in [2.05, 4.69) is 35.9 Å². The second-order valence-electron chi connectivity index (χ2n) is 11.1. The molecule has 1 N–H and O–H groups in total. The van der Waals surface area contributed by atoms with Crippen molar-refractivity contribution in [3.63, 3.8) is 0 Å². The molecule has 5 aromatic rings. The number of aromatic nitrogens is 4. The van der Waals surface area contributed by atoms with Crippen LogP contribution >= 0.6 is 15.9 Å². The van der Waals surface area contributed by atoms with E-state index in [1.807, 2.05) is 97.9 Å². The summed E-state index contributed by atoms with van der Waals surface area (Å²) in [5, 5.41) is 11.3. The second-order valence-corrected chi connectivity index (χ2v) is 11.8. The predicted molar refractivity (Wildman–Crippen MR) is 178 cm³/mol. The fourth-order valence-corrected chi connectivity index (χ4v) is 6.00. The van der Waals surface area contributed by atoms with Crippen LogP contribution in [0.2, 0.25) is 0 Å². The number of halogens is 1. The molecule has 0 amide bonds. The van der Waals surface area contributed by atoms with Crippen molar-refractivity contribution in [2.24, 2.45) is 4.99 Å². The van der Waals surface area contributed by atoms with Gasteiger partial charge in [0.25, 0.3) is 0 Å². The van der Waals surface area contributed by atoms with Crippen LogP contribution in [0.15, 0.2) is 94.9 Å². The lowest BCUT2D eigenvalue weighted by Crippen LogP contribution is -2.38. The quantitative estimate of drug-likeness (QED) is 0.0834. The van der Waals surface area contributed by atoms with E-state index in [4.69, 9.17) is 18.9 Å². The first-order valence-electron chi connectivity index (χ1n) is 14.7. The molecule has 1 fully saturated rings. The summed E-state index contributed by atoms with van der Waals surface area (Å²) in [6.45, 7) is 0.0916. The third-order valence-electron chi connectivity index (χ3n) is 7.94. The molecule has 3 aromatic carbocycles. The van der Waals surface area contributed by atoms with Gasteiger partial charge in [-0.05, 0) is 56.9 Å². The minimum absolute atomic E-state index is 0.0916. The molecule has 46 heavy (non-hydrogen) atoms. The van der Waals surface area contributed by atoms with E-state index in [9.17, 15) is 5.11 Å². The van der Waals surface area contributed by atoms with Crippen molar-refractivity contribution in [1.82, 2.24) is 24.4 Å². The van der Waals surface area contributed by atoms with Gasteiger partial charge in [0, 0.05) is 20.5 Å². The molecule has 6 rings (SSSR count). The van der Waals surface area contributed by atoms with Gasteiger partial charge >= 0.3 is 0 Å². The van der Waals surface area contributed by atoms with Gasteiger partial charge in [-0.1, -0.05) is 54.6 Å². The maximum atomic E-state index is 11.3. The van der Waals surface area contributed by atoms with Crippen molar-refractivity contribution in [3.05, 3.63) is 107 Å². The van der Waals surface area contributed by atoms with Gasteiger partial charge in [-0.15, -0.1) is 0 Å². The molecule has 1 saturated heterocycles. The van der Waals surface area contributed by atoms with Gasteiger partial charge in [0.15, 0.2) is 17.0 Å². The fraction of sp³-hybridized carbons (Fsp3) is 0.294.